The van der Waals surface area contributed by atoms with E-state index in [4.69, 9.17) is 9.47 Å². The zero-order valence-electron chi connectivity index (χ0n) is 19.7. The van der Waals surface area contributed by atoms with Gasteiger partial charge in [-0.25, -0.2) is 4.68 Å². The highest BCUT2D eigenvalue weighted by atomic mass is 16.5. The van der Waals surface area contributed by atoms with Gasteiger partial charge in [0.25, 0.3) is 5.91 Å². The SMILES string of the molecule is CCn1ccc(C(=O)NC2CCN(Cc3nnn4c3COC(c3ccc(OC)cc3)C4)CC2)n1. The average Bonchev–Trinajstić information content (AvgIpc) is 3.52. The molecule has 0 bridgehead atoms. The van der Waals surface area contributed by atoms with Crippen LogP contribution in [0.3, 0.4) is 0 Å². The molecule has 5 rings (SSSR count). The summed E-state index contributed by atoms with van der Waals surface area (Å²) in [5.41, 5.74) is 3.61. The van der Waals surface area contributed by atoms with E-state index in [2.05, 4.69) is 25.6 Å². The van der Waals surface area contributed by atoms with Crippen LogP contribution >= 0.6 is 0 Å². The smallest absolute Gasteiger partial charge is 0.271 e. The van der Waals surface area contributed by atoms with Gasteiger partial charge in [-0.3, -0.25) is 14.4 Å². The van der Waals surface area contributed by atoms with Crippen LogP contribution < -0.4 is 10.1 Å². The third-order valence-electron chi connectivity index (χ3n) is 6.66. The molecule has 1 amide bonds. The normalized spacial score (nSPS) is 19.1. The van der Waals surface area contributed by atoms with Crippen LogP contribution in [0.4, 0.5) is 0 Å². The first-order valence-corrected chi connectivity index (χ1v) is 11.9. The molecule has 0 saturated carbocycles. The van der Waals surface area contributed by atoms with Crippen molar-refractivity contribution in [3.05, 3.63) is 59.2 Å². The second kappa shape index (κ2) is 9.94. The number of amides is 1. The van der Waals surface area contributed by atoms with Crippen LogP contribution in [0.1, 0.15) is 53.3 Å². The first-order chi connectivity index (χ1) is 16.6. The van der Waals surface area contributed by atoms with E-state index >= 15 is 0 Å². The molecule has 10 nitrogen and oxygen atoms in total. The van der Waals surface area contributed by atoms with Gasteiger partial charge in [-0.1, -0.05) is 17.3 Å². The zero-order chi connectivity index (χ0) is 23.5. The van der Waals surface area contributed by atoms with Crippen molar-refractivity contribution in [3.8, 4) is 5.75 Å². The first kappa shape index (κ1) is 22.5. The molecule has 1 N–H and O–H groups in total. The topological polar surface area (TPSA) is 99.3 Å². The minimum Gasteiger partial charge on any atom is -0.497 e. The molecule has 1 atom stereocenters. The monoisotopic (exact) mass is 465 g/mol. The highest BCUT2D eigenvalue weighted by molar-refractivity contribution is 5.92. The molecule has 2 aliphatic heterocycles. The number of likely N-dealkylation sites (tertiary alicyclic amines) is 1. The molecule has 180 valence electrons. The van der Waals surface area contributed by atoms with Crippen molar-refractivity contribution in [2.75, 3.05) is 20.2 Å². The molecule has 1 unspecified atom stereocenters. The van der Waals surface area contributed by atoms with Crippen LogP contribution in [0.15, 0.2) is 36.5 Å². The van der Waals surface area contributed by atoms with Crippen molar-refractivity contribution in [1.29, 1.82) is 0 Å². The quantitative estimate of drug-likeness (QED) is 0.571. The van der Waals surface area contributed by atoms with Gasteiger partial charge in [0.2, 0.25) is 0 Å². The number of ether oxygens (including phenoxy) is 2. The Morgan fingerprint density at radius 2 is 2.00 bits per heavy atom. The molecule has 0 aliphatic carbocycles. The molecule has 0 radical (unpaired) electrons. The lowest BCUT2D eigenvalue weighted by atomic mass is 10.0. The molecule has 1 fully saturated rings. The Morgan fingerprint density at radius 3 is 2.71 bits per heavy atom. The molecule has 1 aromatic carbocycles. The summed E-state index contributed by atoms with van der Waals surface area (Å²) in [4.78, 5) is 14.8. The van der Waals surface area contributed by atoms with Gasteiger partial charge >= 0.3 is 0 Å². The standard InChI is InChI=1S/C24H31N7O3/c1-3-30-13-10-20(27-30)24(32)25-18-8-11-29(12-9-18)14-21-22-16-34-23(15-31(22)28-26-21)17-4-6-19(33-2)7-5-17/h4-7,10,13,18,23H,3,8-9,11-12,14-16H2,1-2H3,(H,25,32). The van der Waals surface area contributed by atoms with Crippen LogP contribution in [-0.2, 0) is 31.0 Å². The summed E-state index contributed by atoms with van der Waals surface area (Å²) in [7, 11) is 1.66. The van der Waals surface area contributed by atoms with Gasteiger partial charge in [-0.05, 0) is 43.5 Å². The number of rotatable bonds is 7. The van der Waals surface area contributed by atoms with E-state index in [0.29, 0.717) is 18.8 Å². The van der Waals surface area contributed by atoms with Gasteiger partial charge in [0.15, 0.2) is 0 Å². The van der Waals surface area contributed by atoms with Gasteiger partial charge in [-0.2, -0.15) is 5.10 Å². The number of methoxy groups -OCH3 is 1. The zero-order valence-corrected chi connectivity index (χ0v) is 19.7. The van der Waals surface area contributed by atoms with Gasteiger partial charge < -0.3 is 14.8 Å². The fourth-order valence-corrected chi connectivity index (χ4v) is 4.57. The number of nitrogens with zero attached hydrogens (tertiary/aromatic N) is 6. The lowest BCUT2D eigenvalue weighted by Crippen LogP contribution is -2.44. The average molecular weight is 466 g/mol. The van der Waals surface area contributed by atoms with Crippen LogP contribution in [0, 0.1) is 0 Å². The maximum absolute atomic E-state index is 12.5. The number of hydrogen-bond donors (Lipinski definition) is 1. The second-order valence-corrected chi connectivity index (χ2v) is 8.82. The van der Waals surface area contributed by atoms with Crippen molar-refractivity contribution in [2.45, 2.75) is 58.2 Å². The summed E-state index contributed by atoms with van der Waals surface area (Å²) >= 11 is 0. The summed E-state index contributed by atoms with van der Waals surface area (Å²) in [6.45, 7) is 6.44. The van der Waals surface area contributed by atoms with E-state index in [1.807, 2.05) is 42.1 Å². The Labute approximate surface area is 198 Å². The fourth-order valence-electron chi connectivity index (χ4n) is 4.57. The highest BCUT2D eigenvalue weighted by Crippen LogP contribution is 2.28. The Kier molecular flexibility index (Phi) is 6.59. The molecular weight excluding hydrogens is 434 g/mol. The maximum atomic E-state index is 12.5. The number of fused-ring (bicyclic) bond motifs is 1. The molecule has 10 heteroatoms. The van der Waals surface area contributed by atoms with Crippen LogP contribution in [0.5, 0.6) is 5.75 Å². The number of aryl methyl sites for hydroxylation is 1. The Bertz CT molecular complexity index is 1120. The first-order valence-electron chi connectivity index (χ1n) is 11.9. The Balaban J connectivity index is 1.13. The lowest BCUT2D eigenvalue weighted by molar-refractivity contribution is -0.00218. The van der Waals surface area contributed by atoms with Crippen molar-refractivity contribution in [3.63, 3.8) is 0 Å². The van der Waals surface area contributed by atoms with E-state index < -0.39 is 0 Å². The molecule has 4 heterocycles. The second-order valence-electron chi connectivity index (χ2n) is 8.82. The predicted molar refractivity (Wildman–Crippen MR) is 124 cm³/mol. The molecule has 1 saturated heterocycles. The number of nitrogens with one attached hydrogen (secondary N) is 1. The fraction of sp³-hybridized carbons (Fsp3) is 0.500. The third-order valence-corrected chi connectivity index (χ3v) is 6.66. The van der Waals surface area contributed by atoms with Crippen molar-refractivity contribution in [2.24, 2.45) is 0 Å². The van der Waals surface area contributed by atoms with Crippen LogP contribution in [0.2, 0.25) is 0 Å². The number of benzene rings is 1. The van der Waals surface area contributed by atoms with E-state index in [0.717, 1.165) is 61.7 Å². The molecular formula is C24H31N7O3. The predicted octanol–water partition coefficient (Wildman–Crippen LogP) is 2.17. The largest absolute Gasteiger partial charge is 0.497 e. The summed E-state index contributed by atoms with van der Waals surface area (Å²) in [6.07, 6.45) is 3.59. The van der Waals surface area contributed by atoms with Gasteiger partial charge in [0.05, 0.1) is 26.0 Å². The van der Waals surface area contributed by atoms with E-state index in [-0.39, 0.29) is 18.1 Å². The van der Waals surface area contributed by atoms with Crippen molar-refractivity contribution >= 4 is 5.91 Å². The van der Waals surface area contributed by atoms with Crippen molar-refractivity contribution in [1.82, 2.24) is 35.0 Å². The number of aromatic nitrogens is 5. The third kappa shape index (κ3) is 4.83. The van der Waals surface area contributed by atoms with Crippen LogP contribution in [0.25, 0.3) is 0 Å². The Morgan fingerprint density at radius 1 is 1.21 bits per heavy atom. The molecule has 2 aromatic heterocycles. The van der Waals surface area contributed by atoms with Crippen LogP contribution in [-0.4, -0.2) is 61.8 Å². The summed E-state index contributed by atoms with van der Waals surface area (Å²) in [6, 6.07) is 9.90. The summed E-state index contributed by atoms with van der Waals surface area (Å²) in [5, 5.41) is 16.3. The summed E-state index contributed by atoms with van der Waals surface area (Å²) < 4.78 is 15.1. The Hall–Kier alpha value is -3.24. The van der Waals surface area contributed by atoms with E-state index in [1.54, 1.807) is 17.9 Å². The van der Waals surface area contributed by atoms with Gasteiger partial charge in [-0.15, -0.1) is 5.10 Å². The summed E-state index contributed by atoms with van der Waals surface area (Å²) in [5.74, 6) is 0.737. The van der Waals surface area contributed by atoms with Gasteiger partial charge in [0.1, 0.15) is 23.2 Å². The lowest BCUT2D eigenvalue weighted by Gasteiger charge is -2.32. The molecule has 3 aromatic rings. The molecule has 0 spiro atoms. The maximum Gasteiger partial charge on any atom is 0.271 e. The highest BCUT2D eigenvalue weighted by Gasteiger charge is 2.27. The number of carbonyl (C=O) groups is 1. The van der Waals surface area contributed by atoms with E-state index in [1.165, 1.54) is 0 Å². The van der Waals surface area contributed by atoms with E-state index in [9.17, 15) is 4.79 Å². The number of hydrogen-bond acceptors (Lipinski definition) is 7. The molecule has 34 heavy (non-hydrogen) atoms. The minimum absolute atomic E-state index is 0.0453. The number of carbonyl (C=O) groups excluding carboxylic acids is 1. The van der Waals surface area contributed by atoms with Gasteiger partial charge in [0, 0.05) is 38.4 Å². The number of piperidine rings is 1. The molecule has 2 aliphatic rings. The minimum atomic E-state index is -0.0958. The van der Waals surface area contributed by atoms with Crippen molar-refractivity contribution < 1.29 is 14.3 Å².